The van der Waals surface area contributed by atoms with Crippen LogP contribution in [-0.2, 0) is 6.42 Å². The molecule has 0 spiro atoms. The van der Waals surface area contributed by atoms with Crippen LogP contribution in [0.4, 0.5) is 5.82 Å². The Kier molecular flexibility index (Phi) is 5.50. The highest BCUT2D eigenvalue weighted by Gasteiger charge is 2.19. The Morgan fingerprint density at radius 3 is 2.81 bits per heavy atom. The minimum Gasteiger partial charge on any atom is -0.497 e. The van der Waals surface area contributed by atoms with Crippen LogP contribution in [0.5, 0.6) is 5.75 Å². The van der Waals surface area contributed by atoms with Crippen molar-refractivity contribution in [1.82, 2.24) is 14.9 Å². The molecule has 0 unspecified atom stereocenters. The van der Waals surface area contributed by atoms with E-state index in [9.17, 15) is 0 Å². The average Bonchev–Trinajstić information content (AvgIpc) is 3.11. The van der Waals surface area contributed by atoms with Crippen LogP contribution in [0.3, 0.4) is 0 Å². The van der Waals surface area contributed by atoms with Crippen molar-refractivity contribution in [3.8, 4) is 5.75 Å². The standard InChI is InChI=1S/C21H25ClN4O/c1-27-17-6-7-20-18(14-17)16(15-24-20)4-3-9-25-10-12-26(13-11-25)21-19(22)5-2-8-23-21/h2,5-8,14-15,24H,3-4,9-13H2,1H3. The summed E-state index contributed by atoms with van der Waals surface area (Å²) in [7, 11) is 1.71. The summed E-state index contributed by atoms with van der Waals surface area (Å²) in [5.41, 5.74) is 2.54. The highest BCUT2D eigenvalue weighted by atomic mass is 35.5. The van der Waals surface area contributed by atoms with E-state index in [1.165, 1.54) is 16.5 Å². The smallest absolute Gasteiger partial charge is 0.147 e. The van der Waals surface area contributed by atoms with Crippen LogP contribution in [-0.4, -0.2) is 54.7 Å². The van der Waals surface area contributed by atoms with Crippen molar-refractivity contribution in [3.05, 3.63) is 53.3 Å². The molecule has 0 bridgehead atoms. The van der Waals surface area contributed by atoms with Crippen LogP contribution in [0.15, 0.2) is 42.7 Å². The first kappa shape index (κ1) is 18.1. The van der Waals surface area contributed by atoms with Gasteiger partial charge in [0.15, 0.2) is 0 Å². The van der Waals surface area contributed by atoms with Gasteiger partial charge in [0.05, 0.1) is 12.1 Å². The second-order valence-corrected chi connectivity index (χ2v) is 7.37. The number of H-pyrrole nitrogens is 1. The zero-order valence-corrected chi connectivity index (χ0v) is 16.4. The quantitative estimate of drug-likeness (QED) is 0.698. The second-order valence-electron chi connectivity index (χ2n) is 6.97. The summed E-state index contributed by atoms with van der Waals surface area (Å²) in [6.07, 6.45) is 6.16. The lowest BCUT2D eigenvalue weighted by molar-refractivity contribution is 0.254. The van der Waals surface area contributed by atoms with Gasteiger partial charge in [-0.2, -0.15) is 0 Å². The predicted octanol–water partition coefficient (Wildman–Crippen LogP) is 3.98. The summed E-state index contributed by atoms with van der Waals surface area (Å²) in [4.78, 5) is 12.6. The van der Waals surface area contributed by atoms with E-state index in [4.69, 9.17) is 16.3 Å². The summed E-state index contributed by atoms with van der Waals surface area (Å²) >= 11 is 6.27. The van der Waals surface area contributed by atoms with Gasteiger partial charge in [-0.05, 0) is 55.3 Å². The van der Waals surface area contributed by atoms with Gasteiger partial charge >= 0.3 is 0 Å². The summed E-state index contributed by atoms with van der Waals surface area (Å²) in [6.45, 7) is 5.16. The van der Waals surface area contributed by atoms with Crippen LogP contribution >= 0.6 is 11.6 Å². The number of hydrogen-bond donors (Lipinski definition) is 1. The fourth-order valence-corrected chi connectivity index (χ4v) is 4.02. The summed E-state index contributed by atoms with van der Waals surface area (Å²) in [6, 6.07) is 9.99. The number of methoxy groups -OCH3 is 1. The molecular weight excluding hydrogens is 360 g/mol. The van der Waals surface area contributed by atoms with Gasteiger partial charge in [-0.1, -0.05) is 11.6 Å². The number of nitrogens with zero attached hydrogens (tertiary/aromatic N) is 3. The Balaban J connectivity index is 1.29. The SMILES string of the molecule is COc1ccc2[nH]cc(CCCN3CCN(c4ncccc4Cl)CC3)c2c1. The van der Waals surface area contributed by atoms with E-state index in [1.54, 1.807) is 7.11 Å². The monoisotopic (exact) mass is 384 g/mol. The second kappa shape index (κ2) is 8.19. The van der Waals surface area contributed by atoms with Crippen molar-refractivity contribution in [2.24, 2.45) is 0 Å². The zero-order valence-electron chi connectivity index (χ0n) is 15.6. The molecule has 1 fully saturated rings. The molecule has 3 aromatic rings. The third-order valence-corrected chi connectivity index (χ3v) is 5.60. The molecule has 0 amide bonds. The lowest BCUT2D eigenvalue weighted by Crippen LogP contribution is -2.47. The maximum absolute atomic E-state index is 6.27. The number of nitrogens with one attached hydrogen (secondary N) is 1. The third-order valence-electron chi connectivity index (χ3n) is 5.31. The van der Waals surface area contributed by atoms with Crippen LogP contribution in [0, 0.1) is 0 Å². The molecule has 5 nitrogen and oxygen atoms in total. The minimum atomic E-state index is 0.737. The van der Waals surface area contributed by atoms with E-state index in [-0.39, 0.29) is 0 Å². The molecule has 0 aliphatic carbocycles. The van der Waals surface area contributed by atoms with E-state index in [2.05, 4.69) is 38.1 Å². The first-order valence-electron chi connectivity index (χ1n) is 9.46. The largest absolute Gasteiger partial charge is 0.497 e. The molecule has 3 heterocycles. The third kappa shape index (κ3) is 4.04. The number of ether oxygens (including phenoxy) is 1. The van der Waals surface area contributed by atoms with E-state index in [0.717, 1.165) is 62.2 Å². The van der Waals surface area contributed by atoms with Gasteiger partial charge in [0.2, 0.25) is 0 Å². The highest BCUT2D eigenvalue weighted by molar-refractivity contribution is 6.32. The van der Waals surface area contributed by atoms with Crippen LogP contribution in [0.25, 0.3) is 10.9 Å². The number of aryl methyl sites for hydroxylation is 1. The number of fused-ring (bicyclic) bond motifs is 1. The molecule has 1 aliphatic rings. The first-order valence-corrected chi connectivity index (χ1v) is 9.84. The Bertz CT molecular complexity index is 902. The molecule has 1 aliphatic heterocycles. The Morgan fingerprint density at radius 2 is 2.04 bits per heavy atom. The topological polar surface area (TPSA) is 44.4 Å². The van der Waals surface area contributed by atoms with Crippen molar-refractivity contribution in [1.29, 1.82) is 0 Å². The van der Waals surface area contributed by atoms with Gasteiger partial charge in [0, 0.05) is 49.5 Å². The zero-order chi connectivity index (χ0) is 18.6. The van der Waals surface area contributed by atoms with Gasteiger partial charge in [0.25, 0.3) is 0 Å². The molecule has 142 valence electrons. The van der Waals surface area contributed by atoms with Gasteiger partial charge in [-0.25, -0.2) is 4.98 Å². The molecule has 1 N–H and O–H groups in total. The van der Waals surface area contributed by atoms with Gasteiger partial charge in [-0.15, -0.1) is 0 Å². The predicted molar refractivity (Wildman–Crippen MR) is 111 cm³/mol. The summed E-state index contributed by atoms with van der Waals surface area (Å²) in [5.74, 6) is 1.82. The number of pyridine rings is 1. The van der Waals surface area contributed by atoms with Crippen LogP contribution in [0.2, 0.25) is 5.02 Å². The molecule has 0 saturated carbocycles. The first-order chi connectivity index (χ1) is 13.2. The molecule has 1 aromatic carbocycles. The fourth-order valence-electron chi connectivity index (χ4n) is 3.78. The molecule has 2 aromatic heterocycles. The van der Waals surface area contributed by atoms with Crippen LogP contribution in [0.1, 0.15) is 12.0 Å². The molecule has 0 radical (unpaired) electrons. The van der Waals surface area contributed by atoms with E-state index in [0.29, 0.717) is 0 Å². The lowest BCUT2D eigenvalue weighted by atomic mass is 10.1. The highest BCUT2D eigenvalue weighted by Crippen LogP contribution is 2.25. The Morgan fingerprint density at radius 1 is 1.19 bits per heavy atom. The van der Waals surface area contributed by atoms with E-state index < -0.39 is 0 Å². The van der Waals surface area contributed by atoms with Gasteiger partial charge < -0.3 is 14.6 Å². The molecule has 1 saturated heterocycles. The van der Waals surface area contributed by atoms with Crippen molar-refractivity contribution >= 4 is 28.3 Å². The van der Waals surface area contributed by atoms with Crippen molar-refractivity contribution in [2.45, 2.75) is 12.8 Å². The molecule has 6 heteroatoms. The number of aromatic amines is 1. The maximum atomic E-state index is 6.27. The van der Waals surface area contributed by atoms with Crippen LogP contribution < -0.4 is 9.64 Å². The maximum Gasteiger partial charge on any atom is 0.147 e. The Hall–Kier alpha value is -2.24. The molecule has 27 heavy (non-hydrogen) atoms. The normalized spacial score (nSPS) is 15.4. The van der Waals surface area contributed by atoms with Gasteiger partial charge in [-0.3, -0.25) is 4.90 Å². The molecule has 4 rings (SSSR count). The van der Waals surface area contributed by atoms with Crippen molar-refractivity contribution in [2.75, 3.05) is 44.7 Å². The number of halogens is 1. The van der Waals surface area contributed by atoms with E-state index in [1.807, 2.05) is 24.4 Å². The van der Waals surface area contributed by atoms with Gasteiger partial charge in [0.1, 0.15) is 11.6 Å². The van der Waals surface area contributed by atoms with E-state index >= 15 is 0 Å². The van der Waals surface area contributed by atoms with Crippen molar-refractivity contribution in [3.63, 3.8) is 0 Å². The molecule has 0 atom stereocenters. The number of rotatable bonds is 6. The number of benzene rings is 1. The number of aromatic nitrogens is 2. The Labute approximate surface area is 164 Å². The summed E-state index contributed by atoms with van der Waals surface area (Å²) < 4.78 is 5.36. The number of piperazine rings is 1. The number of hydrogen-bond acceptors (Lipinski definition) is 4. The number of anilines is 1. The average molecular weight is 385 g/mol. The van der Waals surface area contributed by atoms with Crippen molar-refractivity contribution < 1.29 is 4.74 Å². The summed E-state index contributed by atoms with van der Waals surface area (Å²) in [5, 5.41) is 2.00. The minimum absolute atomic E-state index is 0.737. The fraction of sp³-hybridized carbons (Fsp3) is 0.381. The molecular formula is C21H25ClN4O. The lowest BCUT2D eigenvalue weighted by Gasteiger charge is -2.35.